The molecule has 0 aliphatic carbocycles. The first-order valence-corrected chi connectivity index (χ1v) is 7.29. The van der Waals surface area contributed by atoms with Gasteiger partial charge in [0.2, 0.25) is 5.91 Å². The Morgan fingerprint density at radius 1 is 1.29 bits per heavy atom. The van der Waals surface area contributed by atoms with Crippen molar-refractivity contribution in [2.45, 2.75) is 12.8 Å². The average molecular weight is 324 g/mol. The Morgan fingerprint density at radius 3 is 2.71 bits per heavy atom. The monoisotopic (exact) mass is 323 g/mol. The zero-order valence-corrected chi connectivity index (χ0v) is 12.8. The zero-order valence-electron chi connectivity index (χ0n) is 11.3. The molecule has 0 aliphatic heterocycles. The third-order valence-corrected chi connectivity index (χ3v) is 3.19. The highest BCUT2D eigenvalue weighted by molar-refractivity contribution is 6.34. The molecule has 0 aliphatic rings. The van der Waals surface area contributed by atoms with E-state index in [1.54, 1.807) is 36.7 Å². The number of nitrogens with one attached hydrogen (secondary N) is 2. The van der Waals surface area contributed by atoms with E-state index in [1.807, 2.05) is 0 Å². The van der Waals surface area contributed by atoms with Gasteiger partial charge in [-0.25, -0.2) is 4.98 Å². The molecule has 2 N–H and O–H groups in total. The Hall–Kier alpha value is -1.78. The molecule has 0 spiro atoms. The van der Waals surface area contributed by atoms with Crippen molar-refractivity contribution in [2.24, 2.45) is 0 Å². The molecule has 1 heterocycles. The number of aromatic amines is 1. The van der Waals surface area contributed by atoms with Gasteiger partial charge in [0.25, 0.3) is 0 Å². The minimum absolute atomic E-state index is 0.148. The highest BCUT2D eigenvalue weighted by Crippen LogP contribution is 2.19. The van der Waals surface area contributed by atoms with Gasteiger partial charge in [0, 0.05) is 41.5 Å². The quantitative estimate of drug-likeness (QED) is 0.631. The first kappa shape index (κ1) is 15.6. The van der Waals surface area contributed by atoms with Gasteiger partial charge in [-0.2, -0.15) is 0 Å². The van der Waals surface area contributed by atoms with E-state index in [4.69, 9.17) is 23.2 Å². The summed E-state index contributed by atoms with van der Waals surface area (Å²) in [6.07, 6.45) is 8.28. The number of carbonyl (C=O) groups excluding carboxylic acids is 1. The van der Waals surface area contributed by atoms with Crippen LogP contribution < -0.4 is 5.32 Å². The molecule has 0 saturated heterocycles. The fourth-order valence-corrected chi connectivity index (χ4v) is 2.35. The second-order valence-electron chi connectivity index (χ2n) is 4.47. The Balaban J connectivity index is 1.74. The second-order valence-corrected chi connectivity index (χ2v) is 5.34. The number of H-pyrrole nitrogens is 1. The Labute approximate surface area is 133 Å². The van der Waals surface area contributed by atoms with E-state index in [-0.39, 0.29) is 5.91 Å². The maximum absolute atomic E-state index is 11.7. The summed E-state index contributed by atoms with van der Waals surface area (Å²) in [4.78, 5) is 18.8. The summed E-state index contributed by atoms with van der Waals surface area (Å²) in [6, 6.07) is 5.14. The molecule has 1 amide bonds. The smallest absolute Gasteiger partial charge is 0.243 e. The summed E-state index contributed by atoms with van der Waals surface area (Å²) >= 11 is 11.8. The molecule has 21 heavy (non-hydrogen) atoms. The molecule has 110 valence electrons. The number of rotatable bonds is 6. The SMILES string of the molecule is O=C(/C=C/c1cc(Cl)cc(Cl)c1)NCCCc1ncc[nH]1. The van der Waals surface area contributed by atoms with Crippen molar-refractivity contribution in [1.82, 2.24) is 15.3 Å². The maximum Gasteiger partial charge on any atom is 0.243 e. The number of aromatic nitrogens is 2. The largest absolute Gasteiger partial charge is 0.353 e. The summed E-state index contributed by atoms with van der Waals surface area (Å²) in [5.74, 6) is 0.777. The number of aryl methyl sites for hydroxylation is 1. The first-order valence-electron chi connectivity index (χ1n) is 6.54. The van der Waals surface area contributed by atoms with Crippen LogP contribution in [0.2, 0.25) is 10.0 Å². The maximum atomic E-state index is 11.7. The van der Waals surface area contributed by atoms with Crippen LogP contribution in [0.25, 0.3) is 6.08 Å². The van der Waals surface area contributed by atoms with E-state index in [9.17, 15) is 4.79 Å². The zero-order chi connectivity index (χ0) is 15.1. The van der Waals surface area contributed by atoms with Gasteiger partial charge in [-0.3, -0.25) is 4.79 Å². The van der Waals surface area contributed by atoms with Crippen LogP contribution in [-0.2, 0) is 11.2 Å². The summed E-state index contributed by atoms with van der Waals surface area (Å²) in [7, 11) is 0. The number of halogens is 2. The highest BCUT2D eigenvalue weighted by Gasteiger charge is 1.99. The lowest BCUT2D eigenvalue weighted by Gasteiger charge is -2.01. The fourth-order valence-electron chi connectivity index (χ4n) is 1.80. The van der Waals surface area contributed by atoms with Gasteiger partial charge in [-0.15, -0.1) is 0 Å². The number of imidazole rings is 1. The summed E-state index contributed by atoms with van der Waals surface area (Å²) in [5, 5.41) is 3.90. The molecule has 4 nitrogen and oxygen atoms in total. The van der Waals surface area contributed by atoms with Crippen molar-refractivity contribution >= 4 is 35.2 Å². The molecule has 1 aromatic heterocycles. The van der Waals surface area contributed by atoms with Gasteiger partial charge in [-0.1, -0.05) is 23.2 Å². The molecular weight excluding hydrogens is 309 g/mol. The van der Waals surface area contributed by atoms with Crippen LogP contribution in [0.15, 0.2) is 36.7 Å². The Morgan fingerprint density at radius 2 is 2.05 bits per heavy atom. The molecule has 0 atom stereocenters. The van der Waals surface area contributed by atoms with Crippen molar-refractivity contribution in [3.8, 4) is 0 Å². The number of nitrogens with zero attached hydrogens (tertiary/aromatic N) is 1. The van der Waals surface area contributed by atoms with Crippen LogP contribution in [-0.4, -0.2) is 22.4 Å². The van der Waals surface area contributed by atoms with Crippen LogP contribution >= 0.6 is 23.2 Å². The van der Waals surface area contributed by atoms with Crippen LogP contribution in [0.4, 0.5) is 0 Å². The molecule has 1 aromatic carbocycles. The van der Waals surface area contributed by atoms with E-state index in [1.165, 1.54) is 6.08 Å². The average Bonchev–Trinajstić information content (AvgIpc) is 2.93. The molecule has 0 unspecified atom stereocenters. The van der Waals surface area contributed by atoms with Gasteiger partial charge >= 0.3 is 0 Å². The Kier molecular flexibility index (Phi) is 5.84. The number of hydrogen-bond donors (Lipinski definition) is 2. The minimum atomic E-state index is -0.148. The third-order valence-electron chi connectivity index (χ3n) is 2.76. The van der Waals surface area contributed by atoms with Crippen LogP contribution in [0.1, 0.15) is 17.8 Å². The lowest BCUT2D eigenvalue weighted by Crippen LogP contribution is -2.22. The molecule has 2 rings (SSSR count). The number of amides is 1. The van der Waals surface area contributed by atoms with E-state index in [0.29, 0.717) is 16.6 Å². The number of hydrogen-bond acceptors (Lipinski definition) is 2. The van der Waals surface area contributed by atoms with E-state index < -0.39 is 0 Å². The highest BCUT2D eigenvalue weighted by atomic mass is 35.5. The molecule has 0 bridgehead atoms. The number of carbonyl (C=O) groups is 1. The molecule has 6 heteroatoms. The van der Waals surface area contributed by atoms with E-state index in [2.05, 4.69) is 15.3 Å². The van der Waals surface area contributed by atoms with Gasteiger partial charge in [0.05, 0.1) is 0 Å². The van der Waals surface area contributed by atoms with Gasteiger partial charge in [0.15, 0.2) is 0 Å². The van der Waals surface area contributed by atoms with Crippen LogP contribution in [0.3, 0.4) is 0 Å². The predicted octanol–water partition coefficient (Wildman–Crippen LogP) is 3.48. The topological polar surface area (TPSA) is 57.8 Å². The third kappa shape index (κ3) is 5.61. The molecule has 0 radical (unpaired) electrons. The molecule has 2 aromatic rings. The van der Waals surface area contributed by atoms with Gasteiger partial charge in [0.1, 0.15) is 5.82 Å². The van der Waals surface area contributed by atoms with Crippen molar-refractivity contribution in [3.05, 3.63) is 58.1 Å². The fraction of sp³-hybridized carbons (Fsp3) is 0.200. The normalized spacial score (nSPS) is 11.0. The van der Waals surface area contributed by atoms with Crippen LogP contribution in [0, 0.1) is 0 Å². The van der Waals surface area contributed by atoms with Crippen molar-refractivity contribution < 1.29 is 4.79 Å². The summed E-state index contributed by atoms with van der Waals surface area (Å²) in [6.45, 7) is 0.597. The van der Waals surface area contributed by atoms with Gasteiger partial charge < -0.3 is 10.3 Å². The second kappa shape index (κ2) is 7.86. The molecular formula is C15H15Cl2N3O. The lowest BCUT2D eigenvalue weighted by atomic mass is 10.2. The van der Waals surface area contributed by atoms with Crippen molar-refractivity contribution in [1.29, 1.82) is 0 Å². The number of benzene rings is 1. The standard InChI is InChI=1S/C15H15Cl2N3O/c16-12-8-11(9-13(17)10-12)3-4-15(21)20-5-1-2-14-18-6-7-19-14/h3-4,6-10H,1-2,5H2,(H,18,19)(H,20,21)/b4-3+. The van der Waals surface area contributed by atoms with E-state index >= 15 is 0 Å². The molecule has 0 fully saturated rings. The van der Waals surface area contributed by atoms with E-state index in [0.717, 1.165) is 24.2 Å². The summed E-state index contributed by atoms with van der Waals surface area (Å²) in [5.41, 5.74) is 0.790. The lowest BCUT2D eigenvalue weighted by molar-refractivity contribution is -0.116. The summed E-state index contributed by atoms with van der Waals surface area (Å²) < 4.78 is 0. The minimum Gasteiger partial charge on any atom is -0.353 e. The van der Waals surface area contributed by atoms with Crippen molar-refractivity contribution in [2.75, 3.05) is 6.54 Å². The van der Waals surface area contributed by atoms with Crippen LogP contribution in [0.5, 0.6) is 0 Å². The first-order chi connectivity index (χ1) is 10.1. The molecule has 0 saturated carbocycles. The Bertz CT molecular complexity index is 604. The van der Waals surface area contributed by atoms with Crippen molar-refractivity contribution in [3.63, 3.8) is 0 Å². The predicted molar refractivity (Wildman–Crippen MR) is 85.4 cm³/mol. The van der Waals surface area contributed by atoms with Gasteiger partial charge in [-0.05, 0) is 36.3 Å².